The van der Waals surface area contributed by atoms with Gasteiger partial charge < -0.3 is 5.32 Å². The fourth-order valence-corrected chi connectivity index (χ4v) is 1.38. The minimum absolute atomic E-state index is 0.147. The van der Waals surface area contributed by atoms with Crippen molar-refractivity contribution in [3.8, 4) is 0 Å². The molecule has 1 fully saturated rings. The van der Waals surface area contributed by atoms with Crippen LogP contribution in [0.15, 0.2) is 5.16 Å². The van der Waals surface area contributed by atoms with Crippen LogP contribution < -0.4 is 5.32 Å². The van der Waals surface area contributed by atoms with Crippen LogP contribution in [-0.4, -0.2) is 30.4 Å². The zero-order chi connectivity index (χ0) is 9.03. The van der Waals surface area contributed by atoms with Crippen LogP contribution in [0.2, 0.25) is 0 Å². The van der Waals surface area contributed by atoms with Gasteiger partial charge in [0.1, 0.15) is 0 Å². The fourth-order valence-electron chi connectivity index (χ4n) is 0.725. The fraction of sp³-hybridized carbons (Fsp3) is 0.714. The maximum atomic E-state index is 10.6. The highest BCUT2D eigenvalue weighted by molar-refractivity contribution is 8.00. The summed E-state index contributed by atoms with van der Waals surface area (Å²) in [6, 6.07) is 0. The molecule has 0 aromatic rings. The lowest BCUT2D eigenvalue weighted by atomic mass is 10.5. The Bertz CT molecular complexity index is 202. The van der Waals surface area contributed by atoms with Crippen LogP contribution in [0.4, 0.5) is 4.79 Å². The maximum absolute atomic E-state index is 10.6. The first kappa shape index (κ1) is 9.38. The van der Waals surface area contributed by atoms with Crippen LogP contribution >= 0.6 is 11.8 Å². The van der Waals surface area contributed by atoms with Gasteiger partial charge in [-0.1, -0.05) is 5.16 Å². The number of nitrogens with zero attached hydrogens (tertiary/aromatic N) is 1. The Morgan fingerprint density at radius 1 is 1.75 bits per heavy atom. The summed E-state index contributed by atoms with van der Waals surface area (Å²) in [7, 11) is 1.50. The SMILES string of the molecule is CNC(=O)ON=CC1(SC)CC1. The quantitative estimate of drug-likeness (QED) is 0.411. The van der Waals surface area contributed by atoms with E-state index in [1.807, 2.05) is 6.26 Å². The predicted molar refractivity (Wildman–Crippen MR) is 49.5 cm³/mol. The van der Waals surface area contributed by atoms with E-state index in [0.717, 1.165) is 12.8 Å². The van der Waals surface area contributed by atoms with E-state index in [4.69, 9.17) is 0 Å². The van der Waals surface area contributed by atoms with E-state index in [9.17, 15) is 4.79 Å². The molecular formula is C7H12N2O2S. The molecule has 0 unspecified atom stereocenters. The smallest absolute Gasteiger partial charge is 0.323 e. The number of amides is 1. The van der Waals surface area contributed by atoms with Crippen molar-refractivity contribution >= 4 is 24.1 Å². The molecule has 1 aliphatic carbocycles. The molecule has 1 rings (SSSR count). The van der Waals surface area contributed by atoms with Crippen molar-refractivity contribution in [3.63, 3.8) is 0 Å². The number of carbonyl (C=O) groups excluding carboxylic acids is 1. The molecule has 0 saturated heterocycles. The van der Waals surface area contributed by atoms with Gasteiger partial charge in [0.15, 0.2) is 0 Å². The zero-order valence-corrected chi connectivity index (χ0v) is 7.98. The summed E-state index contributed by atoms with van der Waals surface area (Å²) in [4.78, 5) is 15.0. The zero-order valence-electron chi connectivity index (χ0n) is 7.16. The number of thioether (sulfide) groups is 1. The highest BCUT2D eigenvalue weighted by atomic mass is 32.2. The first-order valence-corrected chi connectivity index (χ1v) is 4.93. The van der Waals surface area contributed by atoms with Gasteiger partial charge in [-0.15, -0.1) is 0 Å². The Kier molecular flexibility index (Phi) is 2.97. The molecule has 0 atom stereocenters. The molecule has 1 aliphatic rings. The monoisotopic (exact) mass is 188 g/mol. The molecule has 0 aliphatic heterocycles. The number of nitrogens with one attached hydrogen (secondary N) is 1. The largest absolute Gasteiger partial charge is 0.433 e. The van der Waals surface area contributed by atoms with Crippen molar-refractivity contribution in [2.75, 3.05) is 13.3 Å². The van der Waals surface area contributed by atoms with E-state index in [2.05, 4.69) is 15.3 Å². The Hall–Kier alpha value is -0.710. The standard InChI is InChI=1S/C7H12N2O2S/c1-8-6(10)11-9-5-7(12-2)3-4-7/h5H,3-4H2,1-2H3,(H,8,10). The third kappa shape index (κ3) is 2.41. The molecule has 68 valence electrons. The summed E-state index contributed by atoms with van der Waals surface area (Å²) in [6.45, 7) is 0. The third-order valence-corrected chi connectivity index (χ3v) is 3.10. The van der Waals surface area contributed by atoms with E-state index in [1.165, 1.54) is 7.05 Å². The summed E-state index contributed by atoms with van der Waals surface area (Å²) < 4.78 is 0.147. The molecule has 0 heterocycles. The molecule has 0 aromatic heterocycles. The number of oxime groups is 1. The van der Waals surface area contributed by atoms with E-state index in [1.54, 1.807) is 18.0 Å². The molecule has 0 spiro atoms. The molecule has 5 heteroatoms. The summed E-state index contributed by atoms with van der Waals surface area (Å²) in [5.74, 6) is 0. The Morgan fingerprint density at radius 3 is 2.83 bits per heavy atom. The second kappa shape index (κ2) is 3.80. The Morgan fingerprint density at radius 2 is 2.42 bits per heavy atom. The average molecular weight is 188 g/mol. The Balaban J connectivity index is 2.26. The minimum Gasteiger partial charge on any atom is -0.323 e. The van der Waals surface area contributed by atoms with Gasteiger partial charge >= 0.3 is 6.09 Å². The normalized spacial score (nSPS) is 19.2. The van der Waals surface area contributed by atoms with Crippen LogP contribution in [0, 0.1) is 0 Å². The van der Waals surface area contributed by atoms with E-state index >= 15 is 0 Å². The number of rotatable bonds is 3. The molecule has 1 saturated carbocycles. The van der Waals surface area contributed by atoms with Crippen molar-refractivity contribution in [2.45, 2.75) is 17.6 Å². The summed E-state index contributed by atoms with van der Waals surface area (Å²) in [5, 5.41) is 5.90. The average Bonchev–Trinajstić information content (AvgIpc) is 2.85. The van der Waals surface area contributed by atoms with Crippen molar-refractivity contribution < 1.29 is 9.63 Å². The van der Waals surface area contributed by atoms with E-state index in [0.29, 0.717) is 0 Å². The van der Waals surface area contributed by atoms with Crippen LogP contribution in [0.1, 0.15) is 12.8 Å². The van der Waals surface area contributed by atoms with Crippen molar-refractivity contribution in [3.05, 3.63) is 0 Å². The predicted octanol–water partition coefficient (Wildman–Crippen LogP) is 1.22. The van der Waals surface area contributed by atoms with Crippen molar-refractivity contribution in [1.29, 1.82) is 0 Å². The van der Waals surface area contributed by atoms with Gasteiger partial charge in [0.2, 0.25) is 0 Å². The van der Waals surface area contributed by atoms with Crippen LogP contribution in [0.5, 0.6) is 0 Å². The van der Waals surface area contributed by atoms with Crippen molar-refractivity contribution in [1.82, 2.24) is 5.32 Å². The molecule has 1 N–H and O–H groups in total. The van der Waals surface area contributed by atoms with E-state index < -0.39 is 6.09 Å². The van der Waals surface area contributed by atoms with Gasteiger partial charge in [0.05, 0.1) is 11.0 Å². The van der Waals surface area contributed by atoms with Gasteiger partial charge in [0, 0.05) is 7.05 Å². The topological polar surface area (TPSA) is 50.7 Å². The van der Waals surface area contributed by atoms with Crippen LogP contribution in [-0.2, 0) is 4.84 Å². The molecule has 1 amide bonds. The molecule has 0 radical (unpaired) electrons. The lowest BCUT2D eigenvalue weighted by Gasteiger charge is -2.01. The van der Waals surface area contributed by atoms with Gasteiger partial charge in [-0.3, -0.25) is 4.84 Å². The van der Waals surface area contributed by atoms with Gasteiger partial charge in [-0.2, -0.15) is 11.8 Å². The molecule has 4 nitrogen and oxygen atoms in total. The van der Waals surface area contributed by atoms with Gasteiger partial charge in [0.25, 0.3) is 0 Å². The minimum atomic E-state index is -0.525. The Labute approximate surface area is 75.7 Å². The number of hydrogen-bond acceptors (Lipinski definition) is 4. The third-order valence-electron chi connectivity index (χ3n) is 1.78. The highest BCUT2D eigenvalue weighted by Crippen LogP contribution is 2.45. The first-order chi connectivity index (χ1) is 5.72. The van der Waals surface area contributed by atoms with Gasteiger partial charge in [-0.05, 0) is 19.1 Å². The highest BCUT2D eigenvalue weighted by Gasteiger charge is 2.40. The van der Waals surface area contributed by atoms with Crippen LogP contribution in [0.3, 0.4) is 0 Å². The van der Waals surface area contributed by atoms with Crippen molar-refractivity contribution in [2.24, 2.45) is 5.16 Å². The molecule has 12 heavy (non-hydrogen) atoms. The summed E-state index contributed by atoms with van der Waals surface area (Å²) in [6.07, 6.45) is 5.44. The number of hydrogen-bond donors (Lipinski definition) is 1. The second-order valence-corrected chi connectivity index (χ2v) is 3.85. The van der Waals surface area contributed by atoms with Gasteiger partial charge in [-0.25, -0.2) is 4.79 Å². The summed E-state index contributed by atoms with van der Waals surface area (Å²) >= 11 is 1.74. The first-order valence-electron chi connectivity index (χ1n) is 3.71. The molecular weight excluding hydrogens is 176 g/mol. The van der Waals surface area contributed by atoms with Crippen LogP contribution in [0.25, 0.3) is 0 Å². The maximum Gasteiger partial charge on any atom is 0.433 e. The lowest BCUT2D eigenvalue weighted by molar-refractivity contribution is 0.153. The lowest BCUT2D eigenvalue weighted by Crippen LogP contribution is -2.17. The second-order valence-electron chi connectivity index (χ2n) is 2.63. The van der Waals surface area contributed by atoms with E-state index in [-0.39, 0.29) is 4.75 Å². The summed E-state index contributed by atoms with van der Waals surface area (Å²) in [5.41, 5.74) is 0. The number of carbonyl (C=O) groups is 1. The molecule has 0 bridgehead atoms. The molecule has 0 aromatic carbocycles.